The van der Waals surface area contributed by atoms with Gasteiger partial charge < -0.3 is 0 Å². The molecule has 4 nitrogen and oxygen atoms in total. The lowest BCUT2D eigenvalue weighted by Gasteiger charge is -2.06. The highest BCUT2D eigenvalue weighted by molar-refractivity contribution is 5.96. The molecule has 0 aliphatic rings. The second-order valence-electron chi connectivity index (χ2n) is 4.63. The topological polar surface area (TPSA) is 52.0 Å². The smallest absolute Gasteiger partial charge is 0.261 e. The highest BCUT2D eigenvalue weighted by atomic mass is 19.1. The molecule has 0 unspecified atom stereocenters. The Balaban J connectivity index is 1.97. The zero-order valence-electron chi connectivity index (χ0n) is 11.0. The first-order chi connectivity index (χ1) is 10.1. The third-order valence-corrected chi connectivity index (χ3v) is 3.19. The van der Waals surface area contributed by atoms with Gasteiger partial charge in [-0.1, -0.05) is 24.3 Å². The molecule has 1 aromatic heterocycles. The van der Waals surface area contributed by atoms with Gasteiger partial charge in [0.2, 0.25) is 0 Å². The van der Waals surface area contributed by atoms with E-state index in [1.54, 1.807) is 24.3 Å². The van der Waals surface area contributed by atoms with Crippen LogP contribution in [0.5, 0.6) is 0 Å². The molecule has 3 aromatic rings. The monoisotopic (exact) mass is 282 g/mol. The molecule has 0 spiro atoms. The molecule has 2 aromatic carbocycles. The number of nitrogens with zero attached hydrogens (tertiary/aromatic N) is 2. The summed E-state index contributed by atoms with van der Waals surface area (Å²) >= 11 is 0. The highest BCUT2D eigenvalue weighted by Crippen LogP contribution is 2.07. The van der Waals surface area contributed by atoms with Crippen molar-refractivity contribution in [2.24, 2.45) is 0 Å². The molecular formula is C16H11FN2O2. The minimum Gasteiger partial charge on any atom is -0.292 e. The van der Waals surface area contributed by atoms with Crippen LogP contribution in [0.2, 0.25) is 0 Å². The minimum absolute atomic E-state index is 0.167. The molecule has 21 heavy (non-hydrogen) atoms. The minimum atomic E-state index is -0.482. The number of para-hydroxylation sites is 1. The van der Waals surface area contributed by atoms with E-state index >= 15 is 0 Å². The standard InChI is InChI=1S/C16H11FN2O2/c17-12-5-3-4-11(8-12)15(20)9-19-10-18-14-7-2-1-6-13(14)16(19)21/h1-8,10H,9H2. The molecule has 0 bridgehead atoms. The van der Waals surface area contributed by atoms with Crippen LogP contribution in [0.3, 0.4) is 0 Å². The van der Waals surface area contributed by atoms with Crippen LogP contribution >= 0.6 is 0 Å². The number of benzene rings is 2. The molecule has 0 N–H and O–H groups in total. The molecule has 0 amide bonds. The summed E-state index contributed by atoms with van der Waals surface area (Å²) in [7, 11) is 0. The van der Waals surface area contributed by atoms with Crippen molar-refractivity contribution in [2.75, 3.05) is 0 Å². The summed E-state index contributed by atoms with van der Waals surface area (Å²) in [6.45, 7) is -0.167. The molecule has 0 radical (unpaired) electrons. The average Bonchev–Trinajstić information content (AvgIpc) is 2.50. The summed E-state index contributed by atoms with van der Waals surface area (Å²) in [5, 5.41) is 0.451. The number of rotatable bonds is 3. The zero-order valence-corrected chi connectivity index (χ0v) is 11.0. The van der Waals surface area contributed by atoms with E-state index in [1.807, 2.05) is 0 Å². The zero-order chi connectivity index (χ0) is 14.8. The molecule has 0 fully saturated rings. The molecule has 3 rings (SSSR count). The maximum absolute atomic E-state index is 13.1. The Morgan fingerprint density at radius 1 is 1.14 bits per heavy atom. The van der Waals surface area contributed by atoms with E-state index in [-0.39, 0.29) is 23.5 Å². The first-order valence-electron chi connectivity index (χ1n) is 6.38. The van der Waals surface area contributed by atoms with Gasteiger partial charge in [0.05, 0.1) is 23.8 Å². The summed E-state index contributed by atoms with van der Waals surface area (Å²) in [5.74, 6) is -0.821. The van der Waals surface area contributed by atoms with E-state index in [9.17, 15) is 14.0 Å². The average molecular weight is 282 g/mol. The molecule has 5 heteroatoms. The Hall–Kier alpha value is -2.82. The number of hydrogen-bond donors (Lipinski definition) is 0. The number of Topliss-reactive ketones (excluding diaryl/α,β-unsaturated/α-hetero) is 1. The molecule has 0 saturated carbocycles. The lowest BCUT2D eigenvalue weighted by atomic mass is 10.1. The van der Waals surface area contributed by atoms with Gasteiger partial charge in [-0.05, 0) is 24.3 Å². The maximum atomic E-state index is 13.1. The normalized spacial score (nSPS) is 10.7. The van der Waals surface area contributed by atoms with Crippen LogP contribution in [-0.4, -0.2) is 15.3 Å². The maximum Gasteiger partial charge on any atom is 0.261 e. The third-order valence-electron chi connectivity index (χ3n) is 3.19. The number of carbonyl (C=O) groups excluding carboxylic acids is 1. The van der Waals surface area contributed by atoms with Crippen LogP contribution in [0.25, 0.3) is 10.9 Å². The third kappa shape index (κ3) is 2.58. The van der Waals surface area contributed by atoms with Crippen LogP contribution in [0.4, 0.5) is 4.39 Å². The van der Waals surface area contributed by atoms with Gasteiger partial charge in [0.25, 0.3) is 5.56 Å². The van der Waals surface area contributed by atoms with Gasteiger partial charge in [0.15, 0.2) is 5.78 Å². The molecule has 0 aliphatic carbocycles. The van der Waals surface area contributed by atoms with Gasteiger partial charge in [0.1, 0.15) is 5.82 Å². The van der Waals surface area contributed by atoms with Crippen molar-refractivity contribution in [3.63, 3.8) is 0 Å². The number of halogens is 1. The van der Waals surface area contributed by atoms with Crippen LogP contribution in [0, 0.1) is 5.82 Å². The Kier molecular flexibility index (Phi) is 3.31. The predicted octanol–water partition coefficient (Wildman–Crippen LogP) is 2.42. The second-order valence-corrected chi connectivity index (χ2v) is 4.63. The van der Waals surface area contributed by atoms with Gasteiger partial charge in [-0.25, -0.2) is 9.37 Å². The molecule has 0 atom stereocenters. The predicted molar refractivity (Wildman–Crippen MR) is 76.7 cm³/mol. The lowest BCUT2D eigenvalue weighted by Crippen LogP contribution is -2.24. The van der Waals surface area contributed by atoms with Crippen molar-refractivity contribution in [1.29, 1.82) is 0 Å². The summed E-state index contributed by atoms with van der Waals surface area (Å²) in [5.41, 5.74) is 0.525. The van der Waals surface area contributed by atoms with Crippen molar-refractivity contribution in [3.05, 3.63) is 76.6 Å². The second kappa shape index (κ2) is 5.28. The summed E-state index contributed by atoms with van der Waals surface area (Å²) in [6, 6.07) is 12.3. The van der Waals surface area contributed by atoms with Crippen LogP contribution in [0.1, 0.15) is 10.4 Å². The quantitative estimate of drug-likeness (QED) is 0.693. The van der Waals surface area contributed by atoms with Gasteiger partial charge in [0, 0.05) is 5.56 Å². The van der Waals surface area contributed by atoms with Crippen molar-refractivity contribution in [1.82, 2.24) is 9.55 Å². The van der Waals surface area contributed by atoms with E-state index in [1.165, 1.54) is 29.1 Å². The highest BCUT2D eigenvalue weighted by Gasteiger charge is 2.10. The van der Waals surface area contributed by atoms with Crippen molar-refractivity contribution >= 4 is 16.7 Å². The number of hydrogen-bond acceptors (Lipinski definition) is 3. The molecule has 104 valence electrons. The summed E-state index contributed by atoms with van der Waals surface area (Å²) in [6.07, 6.45) is 1.34. The van der Waals surface area contributed by atoms with Crippen molar-refractivity contribution in [2.45, 2.75) is 6.54 Å². The van der Waals surface area contributed by atoms with E-state index in [2.05, 4.69) is 4.98 Å². The Morgan fingerprint density at radius 2 is 1.95 bits per heavy atom. The van der Waals surface area contributed by atoms with E-state index in [4.69, 9.17) is 0 Å². The number of aromatic nitrogens is 2. The fourth-order valence-electron chi connectivity index (χ4n) is 2.13. The number of ketones is 1. The van der Waals surface area contributed by atoms with Crippen LogP contribution in [-0.2, 0) is 6.54 Å². The lowest BCUT2D eigenvalue weighted by molar-refractivity contribution is 0.0970. The van der Waals surface area contributed by atoms with Gasteiger partial charge in [-0.3, -0.25) is 14.2 Å². The first kappa shape index (κ1) is 13.2. The summed E-state index contributed by atoms with van der Waals surface area (Å²) < 4.78 is 14.4. The van der Waals surface area contributed by atoms with Gasteiger partial charge >= 0.3 is 0 Å². The fourth-order valence-corrected chi connectivity index (χ4v) is 2.13. The van der Waals surface area contributed by atoms with Crippen LogP contribution < -0.4 is 5.56 Å². The van der Waals surface area contributed by atoms with E-state index < -0.39 is 5.82 Å². The molecule has 1 heterocycles. The molecular weight excluding hydrogens is 271 g/mol. The van der Waals surface area contributed by atoms with Gasteiger partial charge in [-0.2, -0.15) is 0 Å². The Labute approximate surface area is 119 Å². The Bertz CT molecular complexity index is 887. The van der Waals surface area contributed by atoms with Crippen molar-refractivity contribution in [3.8, 4) is 0 Å². The molecule has 0 saturated heterocycles. The van der Waals surface area contributed by atoms with E-state index in [0.717, 1.165) is 6.07 Å². The largest absolute Gasteiger partial charge is 0.292 e. The SMILES string of the molecule is O=C(Cn1cnc2ccccc2c1=O)c1cccc(F)c1. The van der Waals surface area contributed by atoms with Crippen LogP contribution in [0.15, 0.2) is 59.7 Å². The summed E-state index contributed by atoms with van der Waals surface area (Å²) in [4.78, 5) is 28.5. The Morgan fingerprint density at radius 3 is 2.76 bits per heavy atom. The molecule has 0 aliphatic heterocycles. The number of fused-ring (bicyclic) bond motifs is 1. The van der Waals surface area contributed by atoms with Gasteiger partial charge in [-0.15, -0.1) is 0 Å². The van der Waals surface area contributed by atoms with E-state index in [0.29, 0.717) is 10.9 Å². The first-order valence-corrected chi connectivity index (χ1v) is 6.38. The fraction of sp³-hybridized carbons (Fsp3) is 0.0625. The number of carbonyl (C=O) groups is 1. The van der Waals surface area contributed by atoms with Crippen molar-refractivity contribution < 1.29 is 9.18 Å².